The van der Waals surface area contributed by atoms with E-state index in [2.05, 4.69) is 10.1 Å². The monoisotopic (exact) mass is 210 g/mol. The zero-order valence-corrected chi connectivity index (χ0v) is 9.49. The van der Waals surface area contributed by atoms with Crippen molar-refractivity contribution in [3.05, 3.63) is 0 Å². The largest absolute Gasteiger partial charge is 0.411 e. The van der Waals surface area contributed by atoms with E-state index >= 15 is 0 Å². The Hall–Kier alpha value is -0.570. The van der Waals surface area contributed by atoms with Crippen LogP contribution in [-0.2, 0) is 0 Å². The maximum absolute atomic E-state index is 8.67. The highest BCUT2D eigenvalue weighted by atomic mass is 16.4. The van der Waals surface area contributed by atoms with E-state index in [9.17, 15) is 0 Å². The van der Waals surface area contributed by atoms with Gasteiger partial charge in [-0.1, -0.05) is 24.4 Å². The fourth-order valence-electron chi connectivity index (χ4n) is 2.83. The highest BCUT2D eigenvalue weighted by molar-refractivity contribution is 5.84. The Morgan fingerprint density at radius 2 is 1.80 bits per heavy atom. The van der Waals surface area contributed by atoms with Crippen LogP contribution in [0.1, 0.15) is 44.9 Å². The number of piperidine rings is 1. The number of hydrogen-bond donors (Lipinski definition) is 1. The van der Waals surface area contributed by atoms with Crippen LogP contribution < -0.4 is 0 Å². The Bertz CT molecular complexity index is 212. The zero-order chi connectivity index (χ0) is 10.5. The van der Waals surface area contributed by atoms with Crippen LogP contribution >= 0.6 is 0 Å². The Balaban J connectivity index is 1.71. The molecule has 3 nitrogen and oxygen atoms in total. The second kappa shape index (κ2) is 5.50. The van der Waals surface area contributed by atoms with Crippen molar-refractivity contribution in [1.29, 1.82) is 0 Å². The molecule has 2 aliphatic rings. The van der Waals surface area contributed by atoms with Gasteiger partial charge in [-0.25, -0.2) is 0 Å². The molecule has 1 heterocycles. The van der Waals surface area contributed by atoms with Gasteiger partial charge in [-0.05, 0) is 18.8 Å². The second-order valence-electron chi connectivity index (χ2n) is 4.97. The lowest BCUT2D eigenvalue weighted by Gasteiger charge is -2.32. The maximum Gasteiger partial charge on any atom is 0.0596 e. The standard InChI is InChI=1S/C12H22N2O/c15-13-12-6-8-14(9-7-12)10-11-4-2-1-3-5-11/h11,15H,1-10H2. The first-order valence-electron chi connectivity index (χ1n) is 6.30. The van der Waals surface area contributed by atoms with E-state index in [1.807, 2.05) is 0 Å². The van der Waals surface area contributed by atoms with Crippen molar-refractivity contribution in [3.63, 3.8) is 0 Å². The van der Waals surface area contributed by atoms with Crippen LogP contribution in [0, 0.1) is 5.92 Å². The van der Waals surface area contributed by atoms with Crippen LogP contribution in [0.4, 0.5) is 0 Å². The zero-order valence-electron chi connectivity index (χ0n) is 9.49. The van der Waals surface area contributed by atoms with E-state index in [0.29, 0.717) is 0 Å². The molecule has 1 aliphatic carbocycles. The Morgan fingerprint density at radius 3 is 2.40 bits per heavy atom. The van der Waals surface area contributed by atoms with Crippen molar-refractivity contribution >= 4 is 5.71 Å². The molecule has 1 aliphatic heterocycles. The number of likely N-dealkylation sites (tertiary alicyclic amines) is 1. The van der Waals surface area contributed by atoms with Gasteiger partial charge in [-0.3, -0.25) is 0 Å². The highest BCUT2D eigenvalue weighted by Crippen LogP contribution is 2.25. The van der Waals surface area contributed by atoms with Gasteiger partial charge >= 0.3 is 0 Å². The molecular weight excluding hydrogens is 188 g/mol. The second-order valence-corrected chi connectivity index (χ2v) is 4.97. The molecular formula is C12H22N2O. The molecule has 0 aromatic heterocycles. The van der Waals surface area contributed by atoms with Crippen LogP contribution in [0.3, 0.4) is 0 Å². The summed E-state index contributed by atoms with van der Waals surface area (Å²) in [6.07, 6.45) is 9.09. The quantitative estimate of drug-likeness (QED) is 0.561. The minimum atomic E-state index is 0.936. The first-order chi connectivity index (χ1) is 7.38. The van der Waals surface area contributed by atoms with Gasteiger partial charge in [0, 0.05) is 32.5 Å². The number of oxime groups is 1. The van der Waals surface area contributed by atoms with Crippen molar-refractivity contribution in [3.8, 4) is 0 Å². The topological polar surface area (TPSA) is 35.8 Å². The van der Waals surface area contributed by atoms with Crippen LogP contribution in [0.25, 0.3) is 0 Å². The maximum atomic E-state index is 8.67. The molecule has 0 unspecified atom stereocenters. The predicted octanol–water partition coefficient (Wildman–Crippen LogP) is 2.49. The lowest BCUT2D eigenvalue weighted by atomic mass is 9.88. The van der Waals surface area contributed by atoms with Crippen LogP contribution in [0.5, 0.6) is 0 Å². The van der Waals surface area contributed by atoms with Gasteiger partial charge < -0.3 is 10.1 Å². The average molecular weight is 210 g/mol. The lowest BCUT2D eigenvalue weighted by molar-refractivity contribution is 0.198. The third-order valence-corrected chi connectivity index (χ3v) is 3.82. The molecule has 0 spiro atoms. The van der Waals surface area contributed by atoms with Gasteiger partial charge in [0.25, 0.3) is 0 Å². The summed E-state index contributed by atoms with van der Waals surface area (Å²) in [5.74, 6) is 0.936. The van der Waals surface area contributed by atoms with Gasteiger partial charge in [-0.2, -0.15) is 0 Å². The van der Waals surface area contributed by atoms with Gasteiger partial charge in [0.15, 0.2) is 0 Å². The van der Waals surface area contributed by atoms with Crippen LogP contribution in [0.15, 0.2) is 5.16 Å². The number of hydrogen-bond acceptors (Lipinski definition) is 3. The van der Waals surface area contributed by atoms with E-state index in [-0.39, 0.29) is 0 Å². The summed E-state index contributed by atoms with van der Waals surface area (Å²) in [6, 6.07) is 0. The van der Waals surface area contributed by atoms with E-state index in [1.165, 1.54) is 38.6 Å². The summed E-state index contributed by atoms with van der Waals surface area (Å²) in [7, 11) is 0. The molecule has 0 aromatic rings. The predicted molar refractivity (Wildman–Crippen MR) is 61.5 cm³/mol. The minimum Gasteiger partial charge on any atom is -0.411 e. The molecule has 1 saturated carbocycles. The molecule has 2 fully saturated rings. The van der Waals surface area contributed by atoms with Gasteiger partial charge in [0.1, 0.15) is 0 Å². The van der Waals surface area contributed by atoms with Crippen molar-refractivity contribution in [2.24, 2.45) is 11.1 Å². The molecule has 0 bridgehead atoms. The molecule has 15 heavy (non-hydrogen) atoms. The third-order valence-electron chi connectivity index (χ3n) is 3.82. The van der Waals surface area contributed by atoms with Gasteiger partial charge in [0.05, 0.1) is 5.71 Å². The highest BCUT2D eigenvalue weighted by Gasteiger charge is 2.20. The SMILES string of the molecule is ON=C1CCN(CC2CCCCC2)CC1. The Labute approximate surface area is 92.1 Å². The average Bonchev–Trinajstić information content (AvgIpc) is 2.31. The summed E-state index contributed by atoms with van der Waals surface area (Å²) in [5.41, 5.74) is 0.981. The lowest BCUT2D eigenvalue weighted by Crippen LogP contribution is -2.37. The normalized spacial score (nSPS) is 25.5. The fourth-order valence-corrected chi connectivity index (χ4v) is 2.83. The summed E-state index contributed by atoms with van der Waals surface area (Å²) in [5, 5.41) is 12.0. The summed E-state index contributed by atoms with van der Waals surface area (Å²) < 4.78 is 0. The van der Waals surface area contributed by atoms with Gasteiger partial charge in [0.2, 0.25) is 0 Å². The number of nitrogens with zero attached hydrogens (tertiary/aromatic N) is 2. The van der Waals surface area contributed by atoms with E-state index in [0.717, 1.165) is 37.6 Å². The van der Waals surface area contributed by atoms with Crippen molar-refractivity contribution in [1.82, 2.24) is 4.90 Å². The molecule has 86 valence electrons. The van der Waals surface area contributed by atoms with Crippen molar-refractivity contribution < 1.29 is 5.21 Å². The van der Waals surface area contributed by atoms with E-state index < -0.39 is 0 Å². The molecule has 3 heteroatoms. The van der Waals surface area contributed by atoms with Crippen LogP contribution in [-0.4, -0.2) is 35.5 Å². The van der Waals surface area contributed by atoms with Crippen molar-refractivity contribution in [2.75, 3.05) is 19.6 Å². The Morgan fingerprint density at radius 1 is 1.13 bits per heavy atom. The third kappa shape index (κ3) is 3.20. The minimum absolute atomic E-state index is 0.936. The van der Waals surface area contributed by atoms with Crippen molar-refractivity contribution in [2.45, 2.75) is 44.9 Å². The van der Waals surface area contributed by atoms with E-state index in [4.69, 9.17) is 5.21 Å². The molecule has 0 atom stereocenters. The number of rotatable bonds is 2. The first-order valence-corrected chi connectivity index (χ1v) is 6.30. The first kappa shape index (κ1) is 10.9. The smallest absolute Gasteiger partial charge is 0.0596 e. The molecule has 1 saturated heterocycles. The van der Waals surface area contributed by atoms with Gasteiger partial charge in [-0.15, -0.1) is 0 Å². The molecule has 1 N–H and O–H groups in total. The molecule has 0 radical (unpaired) electrons. The van der Waals surface area contributed by atoms with Crippen LogP contribution in [0.2, 0.25) is 0 Å². The summed E-state index contributed by atoms with van der Waals surface area (Å²) >= 11 is 0. The Kier molecular flexibility index (Phi) is 4.01. The fraction of sp³-hybridized carbons (Fsp3) is 0.917. The summed E-state index contributed by atoms with van der Waals surface area (Å²) in [6.45, 7) is 3.46. The summed E-state index contributed by atoms with van der Waals surface area (Å²) in [4.78, 5) is 2.55. The molecule has 0 aromatic carbocycles. The molecule has 2 rings (SSSR count). The molecule has 0 amide bonds. The van der Waals surface area contributed by atoms with E-state index in [1.54, 1.807) is 0 Å².